The van der Waals surface area contributed by atoms with Crippen molar-refractivity contribution in [3.05, 3.63) is 36.4 Å². The van der Waals surface area contributed by atoms with Crippen molar-refractivity contribution in [3.63, 3.8) is 0 Å². The van der Waals surface area contributed by atoms with Gasteiger partial charge in [-0.1, -0.05) is 12.6 Å². The predicted octanol–water partition coefficient (Wildman–Crippen LogP) is 0.261. The van der Waals surface area contributed by atoms with Crippen LogP contribution in [0.3, 0.4) is 0 Å². The molecule has 0 fully saturated rings. The molecule has 0 aliphatic heterocycles. The van der Waals surface area contributed by atoms with Gasteiger partial charge in [0.2, 0.25) is 5.91 Å². The van der Waals surface area contributed by atoms with E-state index in [2.05, 4.69) is 11.9 Å². The molecule has 5 nitrogen and oxygen atoms in total. The number of nitrogens with one attached hydrogen (secondary N) is 1. The summed E-state index contributed by atoms with van der Waals surface area (Å²) in [5.41, 5.74) is 0.590. The third kappa shape index (κ3) is 3.29. The lowest BCUT2D eigenvalue weighted by atomic mass is 10.1. The van der Waals surface area contributed by atoms with Gasteiger partial charge in [-0.2, -0.15) is 0 Å². The highest BCUT2D eigenvalue weighted by Gasteiger charge is 2.08. The number of phenolic OH excluding ortho intramolecular Hbond substituents is 2. The van der Waals surface area contributed by atoms with Gasteiger partial charge in [-0.25, -0.2) is 0 Å². The number of benzene rings is 1. The van der Waals surface area contributed by atoms with Crippen LogP contribution in [-0.4, -0.2) is 27.5 Å². The quantitative estimate of drug-likeness (QED) is 0.335. The first-order valence-corrected chi connectivity index (χ1v) is 4.64. The minimum atomic E-state index is -1.06. The van der Waals surface area contributed by atoms with Crippen LogP contribution in [0.1, 0.15) is 5.56 Å². The van der Waals surface area contributed by atoms with Crippen molar-refractivity contribution in [2.45, 2.75) is 12.6 Å². The van der Waals surface area contributed by atoms with Crippen LogP contribution in [0, 0.1) is 0 Å². The third-order valence-corrected chi connectivity index (χ3v) is 1.96. The Morgan fingerprint density at radius 2 is 2.12 bits per heavy atom. The van der Waals surface area contributed by atoms with Gasteiger partial charge in [0.05, 0.1) is 0 Å². The predicted molar refractivity (Wildman–Crippen MR) is 57.8 cm³/mol. The number of aliphatic hydroxyl groups is 1. The molecule has 1 aromatic rings. The van der Waals surface area contributed by atoms with E-state index in [0.717, 1.165) is 6.08 Å². The van der Waals surface area contributed by atoms with Crippen LogP contribution in [0.4, 0.5) is 0 Å². The van der Waals surface area contributed by atoms with Crippen molar-refractivity contribution in [3.8, 4) is 11.5 Å². The normalized spacial score (nSPS) is 11.8. The summed E-state index contributed by atoms with van der Waals surface area (Å²) in [5.74, 6) is -0.969. The fourth-order valence-electron chi connectivity index (χ4n) is 1.19. The highest BCUT2D eigenvalue weighted by Crippen LogP contribution is 2.25. The number of rotatable bonds is 4. The Morgan fingerprint density at radius 3 is 2.69 bits per heavy atom. The molecular formula is C11H13NO4. The lowest BCUT2D eigenvalue weighted by Crippen LogP contribution is -2.34. The van der Waals surface area contributed by atoms with E-state index in [9.17, 15) is 15.0 Å². The van der Waals surface area contributed by atoms with Crippen molar-refractivity contribution < 1.29 is 20.1 Å². The lowest BCUT2D eigenvalue weighted by Gasteiger charge is -2.11. The maximum Gasteiger partial charge on any atom is 0.245 e. The smallest absolute Gasteiger partial charge is 0.245 e. The Kier molecular flexibility index (Phi) is 3.90. The van der Waals surface area contributed by atoms with E-state index < -0.39 is 12.1 Å². The summed E-state index contributed by atoms with van der Waals surface area (Å²) in [4.78, 5) is 10.9. The van der Waals surface area contributed by atoms with Gasteiger partial charge in [0.25, 0.3) is 0 Å². The topological polar surface area (TPSA) is 89.8 Å². The molecule has 1 rings (SSSR count). The zero-order valence-corrected chi connectivity index (χ0v) is 8.55. The van der Waals surface area contributed by atoms with Crippen molar-refractivity contribution in [2.75, 3.05) is 0 Å². The molecule has 0 aliphatic carbocycles. The third-order valence-electron chi connectivity index (χ3n) is 1.96. The fraction of sp³-hybridized carbons (Fsp3) is 0.182. The van der Waals surface area contributed by atoms with E-state index >= 15 is 0 Å². The molecule has 1 unspecified atom stereocenters. The van der Waals surface area contributed by atoms with Gasteiger partial charge in [0.15, 0.2) is 11.5 Å². The van der Waals surface area contributed by atoms with Gasteiger partial charge in [0.1, 0.15) is 6.23 Å². The van der Waals surface area contributed by atoms with Crippen LogP contribution in [0.15, 0.2) is 30.9 Å². The first kappa shape index (κ1) is 12.1. The number of aromatic hydroxyl groups is 2. The van der Waals surface area contributed by atoms with Gasteiger partial charge in [-0.3, -0.25) is 4.79 Å². The van der Waals surface area contributed by atoms with Gasteiger partial charge < -0.3 is 20.6 Å². The van der Waals surface area contributed by atoms with Gasteiger partial charge in [-0.05, 0) is 23.8 Å². The monoisotopic (exact) mass is 223 g/mol. The Labute approximate surface area is 92.7 Å². The molecule has 1 atom stereocenters. The molecule has 86 valence electrons. The number of aliphatic hydroxyl groups excluding tert-OH is 1. The number of carbonyl (C=O) groups is 1. The average Bonchev–Trinajstić information content (AvgIpc) is 2.23. The lowest BCUT2D eigenvalue weighted by molar-refractivity contribution is -0.119. The molecule has 0 aromatic heterocycles. The van der Waals surface area contributed by atoms with Gasteiger partial charge >= 0.3 is 0 Å². The molecule has 0 aliphatic rings. The van der Waals surface area contributed by atoms with Crippen LogP contribution < -0.4 is 5.32 Å². The number of hydrogen-bond acceptors (Lipinski definition) is 4. The van der Waals surface area contributed by atoms with E-state index in [1.54, 1.807) is 6.07 Å². The molecule has 0 saturated heterocycles. The highest BCUT2D eigenvalue weighted by molar-refractivity contribution is 5.86. The van der Waals surface area contributed by atoms with Crippen molar-refractivity contribution >= 4 is 5.91 Å². The minimum absolute atomic E-state index is 0.132. The molecule has 4 N–H and O–H groups in total. The van der Waals surface area contributed by atoms with Gasteiger partial charge in [0, 0.05) is 6.42 Å². The van der Waals surface area contributed by atoms with E-state index in [1.807, 2.05) is 0 Å². The maximum absolute atomic E-state index is 10.9. The summed E-state index contributed by atoms with van der Waals surface area (Å²) < 4.78 is 0. The number of phenols is 2. The van der Waals surface area contributed by atoms with Crippen molar-refractivity contribution in [1.82, 2.24) is 5.32 Å². The number of carbonyl (C=O) groups excluding carboxylic acids is 1. The summed E-state index contributed by atoms with van der Waals surface area (Å²) in [6, 6.07) is 4.17. The molecule has 1 amide bonds. The Morgan fingerprint density at radius 1 is 1.44 bits per heavy atom. The number of hydrogen-bond donors (Lipinski definition) is 4. The van der Waals surface area contributed by atoms with Crippen LogP contribution in [0.2, 0.25) is 0 Å². The second-order valence-electron chi connectivity index (χ2n) is 3.26. The summed E-state index contributed by atoms with van der Waals surface area (Å²) in [7, 11) is 0. The average molecular weight is 223 g/mol. The number of amides is 1. The summed E-state index contributed by atoms with van der Waals surface area (Å²) in [5, 5.41) is 30.0. The fourth-order valence-corrected chi connectivity index (χ4v) is 1.19. The second-order valence-corrected chi connectivity index (χ2v) is 3.26. The van der Waals surface area contributed by atoms with Crippen molar-refractivity contribution in [2.24, 2.45) is 0 Å². The largest absolute Gasteiger partial charge is 0.504 e. The summed E-state index contributed by atoms with van der Waals surface area (Å²) >= 11 is 0. The highest BCUT2D eigenvalue weighted by atomic mass is 16.3. The molecule has 0 bridgehead atoms. The molecule has 0 spiro atoms. The molecule has 0 radical (unpaired) electrons. The van der Waals surface area contributed by atoms with E-state index in [-0.39, 0.29) is 17.9 Å². The van der Waals surface area contributed by atoms with Crippen LogP contribution in [-0.2, 0) is 11.2 Å². The maximum atomic E-state index is 10.9. The molecule has 0 saturated carbocycles. The SMILES string of the molecule is C=CC(=O)NC(O)Cc1ccc(O)c(O)c1. The Balaban J connectivity index is 2.62. The second kappa shape index (κ2) is 5.18. The van der Waals surface area contributed by atoms with E-state index in [0.29, 0.717) is 5.56 Å². The minimum Gasteiger partial charge on any atom is -0.504 e. The standard InChI is InChI=1S/C11H13NO4/c1-2-10(15)12-11(16)6-7-3-4-8(13)9(14)5-7/h2-5,11,13-14,16H,1,6H2,(H,12,15). The van der Waals surface area contributed by atoms with E-state index in [4.69, 9.17) is 5.11 Å². The summed E-state index contributed by atoms with van der Waals surface area (Å²) in [6.45, 7) is 3.25. The summed E-state index contributed by atoms with van der Waals surface area (Å²) in [6.07, 6.45) is 0.125. The molecule has 0 heterocycles. The first-order valence-electron chi connectivity index (χ1n) is 4.64. The van der Waals surface area contributed by atoms with Crippen LogP contribution in [0.25, 0.3) is 0 Å². The van der Waals surface area contributed by atoms with Crippen LogP contribution in [0.5, 0.6) is 11.5 Å². The van der Waals surface area contributed by atoms with Crippen LogP contribution >= 0.6 is 0 Å². The zero-order valence-electron chi connectivity index (χ0n) is 8.55. The molecule has 1 aromatic carbocycles. The zero-order chi connectivity index (χ0) is 12.1. The molecule has 5 heteroatoms. The first-order chi connectivity index (χ1) is 7.52. The Bertz CT molecular complexity index is 403. The molecular weight excluding hydrogens is 210 g/mol. The van der Waals surface area contributed by atoms with Crippen molar-refractivity contribution in [1.29, 1.82) is 0 Å². The van der Waals surface area contributed by atoms with E-state index in [1.165, 1.54) is 12.1 Å². The van der Waals surface area contributed by atoms with Gasteiger partial charge in [-0.15, -0.1) is 0 Å². The molecule has 16 heavy (non-hydrogen) atoms. The Hall–Kier alpha value is -2.01.